The molecule has 0 aliphatic heterocycles. The number of aromatic carboxylic acids is 1. The maximum absolute atomic E-state index is 14.0. The molecular formula is C29H18F5N3O3S. The third-order valence-corrected chi connectivity index (χ3v) is 7.12. The molecule has 1 aromatic heterocycles. The van der Waals surface area contributed by atoms with E-state index >= 15 is 0 Å². The Kier molecular flexibility index (Phi) is 7.50. The molecule has 5 aromatic rings. The van der Waals surface area contributed by atoms with Crippen LogP contribution in [0.25, 0.3) is 22.0 Å². The smallest absolute Gasteiger partial charge is 0.416 e. The zero-order valence-corrected chi connectivity index (χ0v) is 21.5. The van der Waals surface area contributed by atoms with Crippen LogP contribution in [0.4, 0.5) is 22.0 Å². The SMILES string of the molecule is O=C(O)c1ccc(CNC(=O)c2cc(-c3cc(F)cc(F)c3)cc3[nH]nc(Sc4ccc(C(F)(F)F)cc4)c23)cc1. The summed E-state index contributed by atoms with van der Waals surface area (Å²) in [6, 6.07) is 16.3. The van der Waals surface area contributed by atoms with E-state index in [0.717, 1.165) is 42.1 Å². The molecule has 0 unspecified atom stereocenters. The van der Waals surface area contributed by atoms with Crippen LogP contribution in [0.3, 0.4) is 0 Å². The molecule has 0 atom stereocenters. The van der Waals surface area contributed by atoms with Gasteiger partial charge in [-0.2, -0.15) is 18.3 Å². The highest BCUT2D eigenvalue weighted by Crippen LogP contribution is 2.38. The van der Waals surface area contributed by atoms with Gasteiger partial charge in [-0.05, 0) is 77.4 Å². The van der Waals surface area contributed by atoms with Crippen molar-refractivity contribution < 1.29 is 36.6 Å². The van der Waals surface area contributed by atoms with Gasteiger partial charge in [-0.25, -0.2) is 13.6 Å². The lowest BCUT2D eigenvalue weighted by Crippen LogP contribution is -2.23. The topological polar surface area (TPSA) is 95.1 Å². The number of hydrogen-bond acceptors (Lipinski definition) is 4. The van der Waals surface area contributed by atoms with Crippen molar-refractivity contribution in [3.05, 3.63) is 113 Å². The van der Waals surface area contributed by atoms with Crippen LogP contribution in [0.2, 0.25) is 0 Å². The largest absolute Gasteiger partial charge is 0.478 e. The first-order valence-corrected chi connectivity index (χ1v) is 12.7. The van der Waals surface area contributed by atoms with E-state index in [4.69, 9.17) is 5.11 Å². The summed E-state index contributed by atoms with van der Waals surface area (Å²) < 4.78 is 66.9. The van der Waals surface area contributed by atoms with Crippen molar-refractivity contribution in [1.29, 1.82) is 0 Å². The summed E-state index contributed by atoms with van der Waals surface area (Å²) in [6.45, 7) is 0.0400. The Balaban J connectivity index is 1.52. The molecular weight excluding hydrogens is 565 g/mol. The van der Waals surface area contributed by atoms with E-state index in [0.29, 0.717) is 32.0 Å². The van der Waals surface area contributed by atoms with Crippen LogP contribution in [-0.2, 0) is 12.7 Å². The monoisotopic (exact) mass is 583 g/mol. The molecule has 0 bridgehead atoms. The average molecular weight is 584 g/mol. The van der Waals surface area contributed by atoms with Crippen molar-refractivity contribution in [2.45, 2.75) is 22.6 Å². The predicted octanol–water partition coefficient (Wildman–Crippen LogP) is 7.31. The summed E-state index contributed by atoms with van der Waals surface area (Å²) in [5, 5.41) is 19.5. The molecule has 0 saturated carbocycles. The van der Waals surface area contributed by atoms with E-state index in [1.54, 1.807) is 18.2 Å². The number of carbonyl (C=O) groups is 2. The number of hydrogen-bond donors (Lipinski definition) is 3. The first-order chi connectivity index (χ1) is 19.5. The second kappa shape index (κ2) is 11.0. The molecule has 0 fully saturated rings. The van der Waals surface area contributed by atoms with Crippen molar-refractivity contribution in [1.82, 2.24) is 15.5 Å². The van der Waals surface area contributed by atoms with Crippen LogP contribution in [0.15, 0.2) is 88.8 Å². The fraction of sp³-hybridized carbons (Fsp3) is 0.0690. The predicted molar refractivity (Wildman–Crippen MR) is 142 cm³/mol. The van der Waals surface area contributed by atoms with Gasteiger partial charge < -0.3 is 10.4 Å². The average Bonchev–Trinajstić information content (AvgIpc) is 3.33. The first kappa shape index (κ1) is 27.8. The Morgan fingerprint density at radius 3 is 2.12 bits per heavy atom. The maximum Gasteiger partial charge on any atom is 0.416 e. The zero-order chi connectivity index (χ0) is 29.3. The molecule has 3 N–H and O–H groups in total. The summed E-state index contributed by atoms with van der Waals surface area (Å²) in [5.74, 6) is -3.27. The number of alkyl halides is 3. The Bertz CT molecular complexity index is 1750. The van der Waals surface area contributed by atoms with Crippen LogP contribution in [0.1, 0.15) is 31.8 Å². The summed E-state index contributed by atoms with van der Waals surface area (Å²) >= 11 is 1.03. The summed E-state index contributed by atoms with van der Waals surface area (Å²) in [5.41, 5.74) is 0.854. The van der Waals surface area contributed by atoms with Crippen LogP contribution in [0.5, 0.6) is 0 Å². The van der Waals surface area contributed by atoms with Gasteiger partial charge in [0.05, 0.1) is 22.2 Å². The van der Waals surface area contributed by atoms with Gasteiger partial charge in [0.2, 0.25) is 0 Å². The second-order valence-corrected chi connectivity index (χ2v) is 10.0. The number of amides is 1. The van der Waals surface area contributed by atoms with Gasteiger partial charge in [-0.15, -0.1) is 0 Å². The number of benzene rings is 4. The molecule has 208 valence electrons. The van der Waals surface area contributed by atoms with Gasteiger partial charge in [-0.1, -0.05) is 23.9 Å². The minimum absolute atomic E-state index is 0.0400. The molecule has 0 aliphatic rings. The number of nitrogens with one attached hydrogen (secondary N) is 2. The lowest BCUT2D eigenvalue weighted by molar-refractivity contribution is -0.137. The molecule has 12 heteroatoms. The molecule has 0 saturated heterocycles. The quantitative estimate of drug-likeness (QED) is 0.175. The van der Waals surface area contributed by atoms with Gasteiger partial charge >= 0.3 is 12.1 Å². The molecule has 41 heavy (non-hydrogen) atoms. The molecule has 6 nitrogen and oxygen atoms in total. The van der Waals surface area contributed by atoms with E-state index < -0.39 is 35.3 Å². The van der Waals surface area contributed by atoms with Crippen molar-refractivity contribution >= 4 is 34.5 Å². The van der Waals surface area contributed by atoms with Crippen LogP contribution >= 0.6 is 11.8 Å². The second-order valence-electron chi connectivity index (χ2n) is 8.94. The van der Waals surface area contributed by atoms with Crippen molar-refractivity contribution in [3.63, 3.8) is 0 Å². The molecule has 4 aromatic carbocycles. The highest BCUT2D eigenvalue weighted by Gasteiger charge is 2.30. The number of H-pyrrole nitrogens is 1. The van der Waals surface area contributed by atoms with Crippen molar-refractivity contribution in [2.24, 2.45) is 0 Å². The number of carbonyl (C=O) groups excluding carboxylic acids is 1. The Morgan fingerprint density at radius 2 is 1.51 bits per heavy atom. The lowest BCUT2D eigenvalue weighted by atomic mass is 9.99. The number of rotatable bonds is 7. The summed E-state index contributed by atoms with van der Waals surface area (Å²) in [4.78, 5) is 25.0. The fourth-order valence-corrected chi connectivity index (χ4v) is 5.04. The van der Waals surface area contributed by atoms with Gasteiger partial charge in [-0.3, -0.25) is 9.89 Å². The standard InChI is InChI=1S/C29H18F5N3O3S/c30-20-9-17(10-21(31)13-20)18-11-23(26(38)35-14-15-1-3-16(4-2-15)28(39)40)25-24(12-18)36-37-27(25)41-22-7-5-19(6-8-22)29(32,33)34/h1-13H,14H2,(H,35,38)(H,36,37)(H,39,40). The normalized spacial score (nSPS) is 11.5. The van der Waals surface area contributed by atoms with E-state index in [9.17, 15) is 31.5 Å². The molecule has 0 spiro atoms. The fourth-order valence-electron chi connectivity index (χ4n) is 4.13. The number of halogens is 5. The summed E-state index contributed by atoms with van der Waals surface area (Å²) in [6.07, 6.45) is -4.49. The molecule has 1 heterocycles. The number of nitrogens with zero attached hydrogens (tertiary/aromatic N) is 1. The third kappa shape index (κ3) is 6.22. The third-order valence-electron chi connectivity index (χ3n) is 6.12. The highest BCUT2D eigenvalue weighted by molar-refractivity contribution is 7.99. The number of fused-ring (bicyclic) bond motifs is 1. The van der Waals surface area contributed by atoms with Crippen LogP contribution in [-0.4, -0.2) is 27.2 Å². The minimum atomic E-state index is -4.49. The van der Waals surface area contributed by atoms with Crippen LogP contribution in [0, 0.1) is 11.6 Å². The Labute approximate surface area is 233 Å². The van der Waals surface area contributed by atoms with E-state index in [-0.39, 0.29) is 23.2 Å². The maximum atomic E-state index is 14.0. The number of carboxylic acids is 1. The van der Waals surface area contributed by atoms with Crippen molar-refractivity contribution in [2.75, 3.05) is 0 Å². The first-order valence-electron chi connectivity index (χ1n) is 11.9. The van der Waals surface area contributed by atoms with Gasteiger partial charge in [0.25, 0.3) is 5.91 Å². The molecule has 0 radical (unpaired) electrons. The Morgan fingerprint density at radius 1 is 0.878 bits per heavy atom. The minimum Gasteiger partial charge on any atom is -0.478 e. The van der Waals surface area contributed by atoms with E-state index in [1.165, 1.54) is 30.3 Å². The van der Waals surface area contributed by atoms with Crippen molar-refractivity contribution in [3.8, 4) is 11.1 Å². The highest BCUT2D eigenvalue weighted by atomic mass is 32.2. The molecule has 0 aliphatic carbocycles. The number of carboxylic acid groups (broad SMARTS) is 1. The van der Waals surface area contributed by atoms with Gasteiger partial charge in [0.15, 0.2) is 0 Å². The zero-order valence-electron chi connectivity index (χ0n) is 20.7. The van der Waals surface area contributed by atoms with E-state index in [2.05, 4.69) is 15.5 Å². The molecule has 1 amide bonds. The number of aromatic nitrogens is 2. The molecule has 5 rings (SSSR count). The van der Waals surface area contributed by atoms with E-state index in [1.807, 2.05) is 0 Å². The van der Waals surface area contributed by atoms with Gasteiger partial charge in [0.1, 0.15) is 16.7 Å². The lowest BCUT2D eigenvalue weighted by Gasteiger charge is -2.11. The van der Waals surface area contributed by atoms with Crippen LogP contribution < -0.4 is 5.32 Å². The number of aromatic amines is 1. The summed E-state index contributed by atoms with van der Waals surface area (Å²) in [7, 11) is 0. The Hall–Kier alpha value is -4.71. The van der Waals surface area contributed by atoms with Gasteiger partial charge in [0, 0.05) is 22.9 Å².